The molecule has 110 valence electrons. The molecular weight excluding hydrogens is 244 g/mol. The van der Waals surface area contributed by atoms with E-state index >= 15 is 0 Å². The van der Waals surface area contributed by atoms with Crippen LogP contribution in [0.5, 0.6) is 0 Å². The van der Waals surface area contributed by atoms with Crippen LogP contribution >= 0.6 is 0 Å². The first-order valence-corrected chi connectivity index (χ1v) is 9.13. The Morgan fingerprint density at radius 2 is 1.00 bits per heavy atom. The Kier molecular flexibility index (Phi) is 8.35. The first-order valence-electron chi connectivity index (χ1n) is 7.20. The van der Waals surface area contributed by atoms with Gasteiger partial charge in [-0.15, -0.1) is 0 Å². The van der Waals surface area contributed by atoms with E-state index in [1.165, 1.54) is 0 Å². The van der Waals surface area contributed by atoms with E-state index in [4.69, 9.17) is 13.3 Å². The maximum Gasteiger partial charge on any atom is 0.501 e. The largest absolute Gasteiger partial charge is 0.501 e. The van der Waals surface area contributed by atoms with E-state index < -0.39 is 8.80 Å². The molecule has 0 radical (unpaired) electrons. The van der Waals surface area contributed by atoms with Gasteiger partial charge in [0.05, 0.1) is 0 Å². The maximum absolute atomic E-state index is 6.10. The fourth-order valence-electron chi connectivity index (χ4n) is 1.80. The molecule has 0 rings (SSSR count). The molecule has 18 heavy (non-hydrogen) atoms. The topological polar surface area (TPSA) is 27.7 Å². The molecule has 3 nitrogen and oxygen atoms in total. The molecule has 0 unspecified atom stereocenters. The molecular formula is C14H32O3Si. The average molecular weight is 276 g/mol. The van der Waals surface area contributed by atoms with E-state index in [0.717, 1.165) is 12.5 Å². The summed E-state index contributed by atoms with van der Waals surface area (Å²) in [7, 11) is -2.55. The predicted octanol–water partition coefficient (Wildman–Crippen LogP) is 4.25. The van der Waals surface area contributed by atoms with Gasteiger partial charge < -0.3 is 13.3 Å². The summed E-state index contributed by atoms with van der Waals surface area (Å²) in [6, 6.07) is 0.902. The van der Waals surface area contributed by atoms with Gasteiger partial charge >= 0.3 is 8.80 Å². The van der Waals surface area contributed by atoms with E-state index in [-0.39, 0.29) is 18.3 Å². The lowest BCUT2D eigenvalue weighted by molar-refractivity contribution is 0.00230. The third kappa shape index (κ3) is 8.24. The minimum absolute atomic E-state index is 0.140. The van der Waals surface area contributed by atoms with Crippen LogP contribution in [0.4, 0.5) is 0 Å². The highest BCUT2D eigenvalue weighted by atomic mass is 28.4. The first kappa shape index (κ1) is 18.1. The third-order valence-electron chi connectivity index (χ3n) is 2.27. The van der Waals surface area contributed by atoms with E-state index in [0.29, 0.717) is 5.92 Å². The summed E-state index contributed by atoms with van der Waals surface area (Å²) in [5, 5.41) is 0. The Labute approximate surface area is 115 Å². The zero-order chi connectivity index (χ0) is 14.3. The average Bonchev–Trinajstić information content (AvgIpc) is 2.11. The summed E-state index contributed by atoms with van der Waals surface area (Å²) in [5.41, 5.74) is 0. The molecule has 0 aliphatic heterocycles. The molecule has 0 heterocycles. The third-order valence-corrected chi connectivity index (χ3v) is 5.67. The highest BCUT2D eigenvalue weighted by Crippen LogP contribution is 2.25. The molecule has 0 N–H and O–H groups in total. The molecule has 0 saturated heterocycles. The molecule has 0 aliphatic carbocycles. The molecule has 4 heteroatoms. The lowest BCUT2D eigenvalue weighted by Crippen LogP contribution is -2.50. The van der Waals surface area contributed by atoms with Crippen molar-refractivity contribution in [2.45, 2.75) is 86.2 Å². The highest BCUT2D eigenvalue weighted by molar-refractivity contribution is 6.60. The van der Waals surface area contributed by atoms with E-state index in [2.05, 4.69) is 13.8 Å². The van der Waals surface area contributed by atoms with Gasteiger partial charge in [0.25, 0.3) is 0 Å². The summed E-state index contributed by atoms with van der Waals surface area (Å²) in [6.07, 6.45) is 1.50. The molecule has 0 aromatic rings. The van der Waals surface area contributed by atoms with Crippen LogP contribution in [0.25, 0.3) is 0 Å². The number of rotatable bonds is 9. The van der Waals surface area contributed by atoms with Crippen molar-refractivity contribution in [3.63, 3.8) is 0 Å². The van der Waals surface area contributed by atoms with Crippen molar-refractivity contribution in [3.05, 3.63) is 0 Å². The van der Waals surface area contributed by atoms with Gasteiger partial charge in [-0.2, -0.15) is 0 Å². The van der Waals surface area contributed by atoms with Gasteiger partial charge in [-0.3, -0.25) is 0 Å². The van der Waals surface area contributed by atoms with E-state index in [1.54, 1.807) is 0 Å². The van der Waals surface area contributed by atoms with E-state index in [1.807, 2.05) is 41.5 Å². The highest BCUT2D eigenvalue weighted by Gasteiger charge is 2.43. The van der Waals surface area contributed by atoms with Crippen LogP contribution in [-0.2, 0) is 13.3 Å². The van der Waals surface area contributed by atoms with Crippen LogP contribution in [0.1, 0.15) is 61.8 Å². The second-order valence-electron chi connectivity index (χ2n) is 6.12. The van der Waals surface area contributed by atoms with Crippen molar-refractivity contribution < 1.29 is 13.3 Å². The van der Waals surface area contributed by atoms with Crippen molar-refractivity contribution >= 4 is 8.80 Å². The second kappa shape index (κ2) is 8.30. The molecule has 0 aromatic heterocycles. The lowest BCUT2D eigenvalue weighted by Gasteiger charge is -2.35. The van der Waals surface area contributed by atoms with Gasteiger partial charge in [0.2, 0.25) is 0 Å². The van der Waals surface area contributed by atoms with Crippen LogP contribution in [0.15, 0.2) is 0 Å². The predicted molar refractivity (Wildman–Crippen MR) is 78.7 cm³/mol. The van der Waals surface area contributed by atoms with Gasteiger partial charge in [-0.05, 0) is 53.9 Å². The zero-order valence-electron chi connectivity index (χ0n) is 13.4. The maximum atomic E-state index is 6.10. The molecule has 0 amide bonds. The monoisotopic (exact) mass is 276 g/mol. The van der Waals surface area contributed by atoms with Crippen LogP contribution in [0.3, 0.4) is 0 Å². The Balaban J connectivity index is 4.85. The Bertz CT molecular complexity index is 189. The zero-order valence-corrected chi connectivity index (χ0v) is 14.4. The Morgan fingerprint density at radius 3 is 1.22 bits per heavy atom. The molecule has 0 spiro atoms. The lowest BCUT2D eigenvalue weighted by atomic mass is 10.2. The SMILES string of the molecule is CC(C)CC[Si](OC(C)C)(OC(C)C)OC(C)C. The molecule has 0 fully saturated rings. The van der Waals surface area contributed by atoms with Crippen molar-refractivity contribution in [1.29, 1.82) is 0 Å². The summed E-state index contributed by atoms with van der Waals surface area (Å²) >= 11 is 0. The fourth-order valence-corrected chi connectivity index (χ4v) is 5.41. The summed E-state index contributed by atoms with van der Waals surface area (Å²) < 4.78 is 18.3. The first-order chi connectivity index (χ1) is 8.17. The van der Waals surface area contributed by atoms with Gasteiger partial charge in [-0.25, -0.2) is 0 Å². The summed E-state index contributed by atoms with van der Waals surface area (Å²) in [4.78, 5) is 0. The van der Waals surface area contributed by atoms with Crippen molar-refractivity contribution in [3.8, 4) is 0 Å². The van der Waals surface area contributed by atoms with Crippen LogP contribution in [0.2, 0.25) is 6.04 Å². The number of hydrogen-bond acceptors (Lipinski definition) is 3. The quantitative estimate of drug-likeness (QED) is 0.589. The Morgan fingerprint density at radius 1 is 0.667 bits per heavy atom. The summed E-state index contributed by atoms with van der Waals surface area (Å²) in [5.74, 6) is 0.638. The molecule has 0 atom stereocenters. The smallest absolute Gasteiger partial charge is 0.371 e. The second-order valence-corrected chi connectivity index (χ2v) is 8.69. The van der Waals surface area contributed by atoms with Crippen LogP contribution < -0.4 is 0 Å². The molecule has 0 aromatic carbocycles. The normalized spacial score (nSPS) is 13.3. The van der Waals surface area contributed by atoms with Crippen LogP contribution in [0, 0.1) is 5.92 Å². The van der Waals surface area contributed by atoms with Crippen molar-refractivity contribution in [2.24, 2.45) is 5.92 Å². The summed E-state index contributed by atoms with van der Waals surface area (Å²) in [6.45, 7) is 16.7. The fraction of sp³-hybridized carbons (Fsp3) is 1.00. The minimum Gasteiger partial charge on any atom is -0.371 e. The van der Waals surface area contributed by atoms with Gasteiger partial charge in [0.15, 0.2) is 0 Å². The molecule has 0 aliphatic rings. The van der Waals surface area contributed by atoms with Gasteiger partial charge in [-0.1, -0.05) is 13.8 Å². The van der Waals surface area contributed by atoms with E-state index in [9.17, 15) is 0 Å². The Hall–Kier alpha value is 0.0969. The van der Waals surface area contributed by atoms with Crippen molar-refractivity contribution in [1.82, 2.24) is 0 Å². The molecule has 0 bridgehead atoms. The minimum atomic E-state index is -2.55. The molecule has 0 saturated carbocycles. The van der Waals surface area contributed by atoms with Crippen molar-refractivity contribution in [2.75, 3.05) is 0 Å². The van der Waals surface area contributed by atoms with Gasteiger partial charge in [0, 0.05) is 24.4 Å². The number of hydrogen-bond donors (Lipinski definition) is 0. The van der Waals surface area contributed by atoms with Crippen LogP contribution in [-0.4, -0.2) is 27.1 Å². The standard InChI is InChI=1S/C14H32O3Si/c1-11(2)9-10-18(15-12(3)4,16-13(5)6)17-14(7)8/h11-14H,9-10H2,1-8H3. The van der Waals surface area contributed by atoms with Gasteiger partial charge in [0.1, 0.15) is 0 Å².